The van der Waals surface area contributed by atoms with Crippen molar-refractivity contribution < 1.29 is 4.79 Å². The van der Waals surface area contributed by atoms with Crippen LogP contribution in [0.1, 0.15) is 28.6 Å². The first kappa shape index (κ1) is 11.6. The maximum atomic E-state index is 11.8. The van der Waals surface area contributed by atoms with Gasteiger partial charge in [-0.05, 0) is 12.5 Å². The lowest BCUT2D eigenvalue weighted by atomic mass is 10.3. The predicted octanol–water partition coefficient (Wildman–Crippen LogP) is -0.762. The van der Waals surface area contributed by atoms with Crippen molar-refractivity contribution in [2.75, 3.05) is 0 Å². The van der Waals surface area contributed by atoms with Crippen molar-refractivity contribution in [2.45, 2.75) is 25.9 Å². The van der Waals surface area contributed by atoms with Gasteiger partial charge in [-0.25, -0.2) is 5.10 Å². The quantitative estimate of drug-likeness (QED) is 0.754. The van der Waals surface area contributed by atoms with E-state index in [1.54, 1.807) is 0 Å². The van der Waals surface area contributed by atoms with Crippen LogP contribution >= 0.6 is 0 Å². The maximum Gasteiger partial charge on any atom is 0.272 e. The number of fused-ring (bicyclic) bond motifs is 1. The normalized spacial score (nSPS) is 13.3. The molecule has 0 saturated carbocycles. The van der Waals surface area contributed by atoms with Crippen molar-refractivity contribution in [3.8, 4) is 0 Å². The molecule has 19 heavy (non-hydrogen) atoms. The summed E-state index contributed by atoms with van der Waals surface area (Å²) in [4.78, 5) is 22.6. The first-order valence-electron chi connectivity index (χ1n) is 5.99. The molecule has 0 spiro atoms. The number of carbonyl (C=O) groups is 1. The zero-order valence-electron chi connectivity index (χ0n) is 10.1. The summed E-state index contributed by atoms with van der Waals surface area (Å²) < 4.78 is 2.01. The van der Waals surface area contributed by atoms with Gasteiger partial charge in [-0.2, -0.15) is 5.10 Å². The number of nitrogens with zero attached hydrogens (tertiary/aromatic N) is 4. The summed E-state index contributed by atoms with van der Waals surface area (Å²) in [5.41, 5.74) is -0.174. The average Bonchev–Trinajstić information content (AvgIpc) is 3.00. The summed E-state index contributed by atoms with van der Waals surface area (Å²) >= 11 is 0. The Morgan fingerprint density at radius 2 is 2.32 bits per heavy atom. The molecule has 1 aliphatic rings. The molecule has 2 N–H and O–H groups in total. The molecule has 0 saturated heterocycles. The molecule has 8 nitrogen and oxygen atoms in total. The van der Waals surface area contributed by atoms with Crippen molar-refractivity contribution in [1.29, 1.82) is 0 Å². The van der Waals surface area contributed by atoms with Gasteiger partial charge in [-0.1, -0.05) is 0 Å². The van der Waals surface area contributed by atoms with Crippen molar-refractivity contribution in [1.82, 2.24) is 30.3 Å². The summed E-state index contributed by atoms with van der Waals surface area (Å²) in [6.45, 7) is 1.19. The number of aromatic nitrogens is 5. The van der Waals surface area contributed by atoms with Gasteiger partial charge in [0, 0.05) is 19.0 Å². The van der Waals surface area contributed by atoms with E-state index in [-0.39, 0.29) is 17.2 Å². The standard InChI is InChI=1S/C11H12N6O2/c18-10-4-3-7(13-16-10)11(19)12-6-9-15-14-8-2-1-5-17(8)9/h3-4H,1-2,5-6H2,(H,12,19)(H,16,18). The number of rotatable bonds is 3. The Kier molecular flexibility index (Phi) is 2.82. The maximum absolute atomic E-state index is 11.8. The summed E-state index contributed by atoms with van der Waals surface area (Å²) in [6.07, 6.45) is 2.00. The van der Waals surface area contributed by atoms with Crippen LogP contribution in [0.2, 0.25) is 0 Å². The molecule has 98 valence electrons. The molecule has 1 amide bonds. The highest BCUT2D eigenvalue weighted by molar-refractivity contribution is 5.91. The molecule has 0 radical (unpaired) electrons. The third-order valence-corrected chi connectivity index (χ3v) is 3.00. The molecule has 0 fully saturated rings. The lowest BCUT2D eigenvalue weighted by Gasteiger charge is -2.04. The minimum atomic E-state index is -0.355. The van der Waals surface area contributed by atoms with Gasteiger partial charge >= 0.3 is 0 Å². The number of aryl methyl sites for hydroxylation is 1. The monoisotopic (exact) mass is 260 g/mol. The number of nitrogens with one attached hydrogen (secondary N) is 2. The Morgan fingerprint density at radius 1 is 1.42 bits per heavy atom. The van der Waals surface area contributed by atoms with Crippen LogP contribution in [-0.4, -0.2) is 30.9 Å². The van der Waals surface area contributed by atoms with Gasteiger partial charge in [0.1, 0.15) is 11.5 Å². The van der Waals surface area contributed by atoms with Crippen LogP contribution in [0, 0.1) is 0 Å². The number of carbonyl (C=O) groups excluding carboxylic acids is 1. The van der Waals surface area contributed by atoms with Gasteiger partial charge in [-0.15, -0.1) is 10.2 Å². The topological polar surface area (TPSA) is 106 Å². The highest BCUT2D eigenvalue weighted by atomic mass is 16.2. The Bertz CT molecular complexity index is 654. The molecular formula is C11H12N6O2. The minimum absolute atomic E-state index is 0.167. The zero-order valence-corrected chi connectivity index (χ0v) is 10.1. The van der Waals surface area contributed by atoms with E-state index in [0.717, 1.165) is 31.0 Å². The number of hydrogen-bond donors (Lipinski definition) is 2. The van der Waals surface area contributed by atoms with Crippen LogP contribution in [-0.2, 0) is 19.5 Å². The van der Waals surface area contributed by atoms with Crippen molar-refractivity contribution >= 4 is 5.91 Å². The molecule has 0 aliphatic carbocycles. The van der Waals surface area contributed by atoms with Crippen molar-refractivity contribution in [3.63, 3.8) is 0 Å². The van der Waals surface area contributed by atoms with E-state index in [4.69, 9.17) is 0 Å². The van der Waals surface area contributed by atoms with Crippen LogP contribution in [0.3, 0.4) is 0 Å². The SMILES string of the molecule is O=C(NCc1nnc2n1CCC2)c1ccc(=O)[nH]n1. The molecule has 8 heteroatoms. The fourth-order valence-electron chi connectivity index (χ4n) is 2.06. The average molecular weight is 260 g/mol. The summed E-state index contributed by atoms with van der Waals surface area (Å²) in [7, 11) is 0. The number of aromatic amines is 1. The van der Waals surface area contributed by atoms with Gasteiger partial charge in [0.15, 0.2) is 5.82 Å². The largest absolute Gasteiger partial charge is 0.343 e. The van der Waals surface area contributed by atoms with Crippen LogP contribution < -0.4 is 10.9 Å². The van der Waals surface area contributed by atoms with Crippen LogP contribution in [0.25, 0.3) is 0 Å². The molecule has 0 unspecified atom stereocenters. The van der Waals surface area contributed by atoms with E-state index in [1.165, 1.54) is 12.1 Å². The molecule has 3 rings (SSSR count). The van der Waals surface area contributed by atoms with Gasteiger partial charge < -0.3 is 9.88 Å². The summed E-state index contributed by atoms with van der Waals surface area (Å²) in [6, 6.07) is 2.64. The predicted molar refractivity (Wildman–Crippen MR) is 64.4 cm³/mol. The minimum Gasteiger partial charge on any atom is -0.343 e. The lowest BCUT2D eigenvalue weighted by Crippen LogP contribution is -2.26. The first-order valence-corrected chi connectivity index (χ1v) is 5.99. The first-order chi connectivity index (χ1) is 9.24. The van der Waals surface area contributed by atoms with Gasteiger partial charge in [-0.3, -0.25) is 9.59 Å². The molecule has 3 heterocycles. The second-order valence-corrected chi connectivity index (χ2v) is 4.28. The number of H-pyrrole nitrogens is 1. The van der Waals surface area contributed by atoms with Gasteiger partial charge in [0.2, 0.25) is 0 Å². The van der Waals surface area contributed by atoms with E-state index in [9.17, 15) is 9.59 Å². The molecular weight excluding hydrogens is 248 g/mol. The van der Waals surface area contributed by atoms with E-state index < -0.39 is 0 Å². The smallest absolute Gasteiger partial charge is 0.272 e. The van der Waals surface area contributed by atoms with Gasteiger partial charge in [0.05, 0.1) is 6.54 Å². The second kappa shape index (κ2) is 4.63. The van der Waals surface area contributed by atoms with E-state index in [2.05, 4.69) is 25.7 Å². The third kappa shape index (κ3) is 2.24. The Morgan fingerprint density at radius 3 is 3.11 bits per heavy atom. The zero-order chi connectivity index (χ0) is 13.2. The second-order valence-electron chi connectivity index (χ2n) is 4.28. The molecule has 1 aliphatic heterocycles. The Balaban J connectivity index is 1.67. The number of amides is 1. The molecule has 0 atom stereocenters. The molecule has 0 aromatic carbocycles. The van der Waals surface area contributed by atoms with E-state index in [0.29, 0.717) is 6.54 Å². The molecule has 2 aromatic rings. The Hall–Kier alpha value is -2.51. The highest BCUT2D eigenvalue weighted by Gasteiger charge is 2.17. The number of hydrogen-bond acceptors (Lipinski definition) is 5. The summed E-state index contributed by atoms with van der Waals surface area (Å²) in [5.74, 6) is 1.35. The van der Waals surface area contributed by atoms with Gasteiger partial charge in [0.25, 0.3) is 11.5 Å². The fraction of sp³-hybridized carbons (Fsp3) is 0.364. The van der Waals surface area contributed by atoms with Crippen molar-refractivity contribution in [3.05, 3.63) is 39.8 Å². The van der Waals surface area contributed by atoms with Crippen molar-refractivity contribution in [2.24, 2.45) is 0 Å². The third-order valence-electron chi connectivity index (χ3n) is 3.00. The summed E-state index contributed by atoms with van der Waals surface area (Å²) in [5, 5.41) is 16.7. The van der Waals surface area contributed by atoms with E-state index in [1.807, 2.05) is 4.57 Å². The molecule has 0 bridgehead atoms. The van der Waals surface area contributed by atoms with Crippen LogP contribution in [0.15, 0.2) is 16.9 Å². The Labute approximate surface area is 107 Å². The fourth-order valence-corrected chi connectivity index (χ4v) is 2.06. The van der Waals surface area contributed by atoms with Crippen LogP contribution in [0.5, 0.6) is 0 Å². The lowest BCUT2D eigenvalue weighted by molar-refractivity contribution is 0.0943. The van der Waals surface area contributed by atoms with Crippen LogP contribution in [0.4, 0.5) is 0 Å². The highest BCUT2D eigenvalue weighted by Crippen LogP contribution is 2.13. The van der Waals surface area contributed by atoms with E-state index >= 15 is 0 Å². The molecule has 2 aromatic heterocycles.